The number of carboxylic acids is 1. The number of nitrogens with one attached hydrogen (secondary N) is 1. The van der Waals surface area contributed by atoms with Crippen LogP contribution in [0.3, 0.4) is 0 Å². The van der Waals surface area contributed by atoms with E-state index >= 15 is 0 Å². The molecule has 9 heteroatoms. The molecule has 2 rings (SSSR count). The minimum Gasteiger partial charge on any atom is -0.493 e. The van der Waals surface area contributed by atoms with Gasteiger partial charge in [-0.1, -0.05) is 0 Å². The Morgan fingerprint density at radius 2 is 1.81 bits per heavy atom. The SMILES string of the molecule is COc1cc(C(=O)N[C@@H]2CC[C@H](C(=O)O)C2)cc(OC)c1OCC(N)=O. The highest BCUT2D eigenvalue weighted by Gasteiger charge is 2.31. The normalized spacial score (nSPS) is 18.8. The summed E-state index contributed by atoms with van der Waals surface area (Å²) in [5.41, 5.74) is 5.34. The number of methoxy groups -OCH3 is 2. The Morgan fingerprint density at radius 1 is 1.19 bits per heavy atom. The summed E-state index contributed by atoms with van der Waals surface area (Å²) in [6, 6.07) is 2.71. The third kappa shape index (κ3) is 4.56. The molecule has 0 unspecified atom stereocenters. The fourth-order valence-corrected chi connectivity index (χ4v) is 2.90. The van der Waals surface area contributed by atoms with Crippen molar-refractivity contribution in [3.63, 3.8) is 0 Å². The van der Waals surface area contributed by atoms with E-state index in [-0.39, 0.29) is 41.4 Å². The minimum absolute atomic E-state index is 0.164. The third-order valence-electron chi connectivity index (χ3n) is 4.20. The number of rotatable bonds is 8. The predicted molar refractivity (Wildman–Crippen MR) is 90.5 cm³/mol. The molecular formula is C17H22N2O7. The first-order valence-corrected chi connectivity index (χ1v) is 8.06. The number of ether oxygens (including phenoxy) is 3. The van der Waals surface area contributed by atoms with E-state index in [9.17, 15) is 14.4 Å². The minimum atomic E-state index is -0.846. The van der Waals surface area contributed by atoms with Crippen LogP contribution >= 0.6 is 0 Å². The van der Waals surface area contributed by atoms with Crippen molar-refractivity contribution in [2.45, 2.75) is 25.3 Å². The van der Waals surface area contributed by atoms with Gasteiger partial charge in [0.2, 0.25) is 5.75 Å². The first-order valence-electron chi connectivity index (χ1n) is 8.06. The second kappa shape index (κ2) is 8.41. The topological polar surface area (TPSA) is 137 Å². The lowest BCUT2D eigenvalue weighted by Gasteiger charge is -2.17. The Labute approximate surface area is 150 Å². The first kappa shape index (κ1) is 19.4. The fourth-order valence-electron chi connectivity index (χ4n) is 2.90. The predicted octanol–water partition coefficient (Wildman–Crippen LogP) is 0.551. The summed E-state index contributed by atoms with van der Waals surface area (Å²) < 4.78 is 15.7. The van der Waals surface area contributed by atoms with Crippen molar-refractivity contribution in [1.82, 2.24) is 5.32 Å². The van der Waals surface area contributed by atoms with E-state index in [4.69, 9.17) is 25.1 Å². The maximum Gasteiger partial charge on any atom is 0.306 e. The second-order valence-corrected chi connectivity index (χ2v) is 5.98. The van der Waals surface area contributed by atoms with Crippen molar-refractivity contribution >= 4 is 17.8 Å². The van der Waals surface area contributed by atoms with E-state index in [1.54, 1.807) is 0 Å². The van der Waals surface area contributed by atoms with Gasteiger partial charge in [0.25, 0.3) is 11.8 Å². The lowest BCUT2D eigenvalue weighted by Crippen LogP contribution is -2.33. The molecule has 1 fully saturated rings. The van der Waals surface area contributed by atoms with Gasteiger partial charge >= 0.3 is 5.97 Å². The summed E-state index contributed by atoms with van der Waals surface area (Å²) in [6.07, 6.45) is 1.54. The van der Waals surface area contributed by atoms with Gasteiger partial charge in [0.1, 0.15) is 0 Å². The Hall–Kier alpha value is -2.97. The molecule has 26 heavy (non-hydrogen) atoms. The monoisotopic (exact) mass is 366 g/mol. The highest BCUT2D eigenvalue weighted by atomic mass is 16.5. The van der Waals surface area contributed by atoms with Crippen molar-refractivity contribution in [2.75, 3.05) is 20.8 Å². The number of amides is 2. The Balaban J connectivity index is 2.17. The van der Waals surface area contributed by atoms with Gasteiger partial charge < -0.3 is 30.4 Å². The van der Waals surface area contributed by atoms with Crippen molar-refractivity contribution < 1.29 is 33.7 Å². The average Bonchev–Trinajstić information content (AvgIpc) is 3.07. The summed E-state index contributed by atoms with van der Waals surface area (Å²) >= 11 is 0. The molecule has 0 spiro atoms. The summed E-state index contributed by atoms with van der Waals surface area (Å²) in [5.74, 6) is -1.73. The van der Waals surface area contributed by atoms with Crippen LogP contribution in [0.15, 0.2) is 12.1 Å². The van der Waals surface area contributed by atoms with Crippen LogP contribution in [0.4, 0.5) is 0 Å². The zero-order valence-corrected chi connectivity index (χ0v) is 14.6. The van der Waals surface area contributed by atoms with Gasteiger partial charge in [-0.25, -0.2) is 0 Å². The summed E-state index contributed by atoms with van der Waals surface area (Å²) in [5, 5.41) is 11.9. The zero-order chi connectivity index (χ0) is 19.3. The molecule has 1 aromatic rings. The smallest absolute Gasteiger partial charge is 0.306 e. The molecule has 0 aliphatic heterocycles. The van der Waals surface area contributed by atoms with Crippen LogP contribution < -0.4 is 25.3 Å². The molecule has 0 saturated heterocycles. The Morgan fingerprint density at radius 3 is 2.27 bits per heavy atom. The van der Waals surface area contributed by atoms with Crippen LogP contribution in [0.2, 0.25) is 0 Å². The first-order chi connectivity index (χ1) is 12.3. The van der Waals surface area contributed by atoms with E-state index in [2.05, 4.69) is 5.32 Å². The van der Waals surface area contributed by atoms with Gasteiger partial charge in [0.15, 0.2) is 18.1 Å². The van der Waals surface area contributed by atoms with Gasteiger partial charge in [-0.05, 0) is 31.4 Å². The van der Waals surface area contributed by atoms with Crippen molar-refractivity contribution in [3.05, 3.63) is 17.7 Å². The molecule has 1 aromatic carbocycles. The molecule has 2 atom stereocenters. The van der Waals surface area contributed by atoms with Crippen molar-refractivity contribution in [1.29, 1.82) is 0 Å². The average molecular weight is 366 g/mol. The number of carbonyl (C=O) groups excluding carboxylic acids is 2. The molecule has 9 nitrogen and oxygen atoms in total. The number of nitrogens with two attached hydrogens (primary N) is 1. The van der Waals surface area contributed by atoms with Crippen LogP contribution in [-0.2, 0) is 9.59 Å². The third-order valence-corrected chi connectivity index (χ3v) is 4.20. The van der Waals surface area contributed by atoms with Crippen LogP contribution in [0, 0.1) is 5.92 Å². The van der Waals surface area contributed by atoms with Gasteiger partial charge in [-0.15, -0.1) is 0 Å². The maximum atomic E-state index is 12.5. The lowest BCUT2D eigenvalue weighted by atomic mass is 10.1. The van der Waals surface area contributed by atoms with E-state index in [1.165, 1.54) is 26.4 Å². The quantitative estimate of drug-likeness (QED) is 0.611. The van der Waals surface area contributed by atoms with E-state index in [0.717, 1.165) is 0 Å². The van der Waals surface area contributed by atoms with Crippen LogP contribution in [0.1, 0.15) is 29.6 Å². The molecule has 0 radical (unpaired) electrons. The van der Waals surface area contributed by atoms with Gasteiger partial charge in [-0.2, -0.15) is 0 Å². The number of benzene rings is 1. The number of carboxylic acid groups (broad SMARTS) is 1. The van der Waals surface area contributed by atoms with Crippen molar-refractivity contribution in [2.24, 2.45) is 11.7 Å². The van der Waals surface area contributed by atoms with E-state index in [1.807, 2.05) is 0 Å². The highest BCUT2D eigenvalue weighted by molar-refractivity contribution is 5.96. The largest absolute Gasteiger partial charge is 0.493 e. The number of hydrogen-bond acceptors (Lipinski definition) is 6. The number of carbonyl (C=O) groups is 3. The maximum absolute atomic E-state index is 12.5. The van der Waals surface area contributed by atoms with Gasteiger partial charge in [0.05, 0.1) is 20.1 Å². The fraction of sp³-hybridized carbons (Fsp3) is 0.471. The molecule has 1 aliphatic rings. The summed E-state index contributed by atoms with van der Waals surface area (Å²) in [4.78, 5) is 34.5. The molecule has 0 heterocycles. The molecule has 1 saturated carbocycles. The molecule has 0 aromatic heterocycles. The number of primary amides is 1. The number of aliphatic carboxylic acids is 1. The number of hydrogen-bond donors (Lipinski definition) is 3. The van der Waals surface area contributed by atoms with E-state index < -0.39 is 17.8 Å². The second-order valence-electron chi connectivity index (χ2n) is 5.98. The van der Waals surface area contributed by atoms with Crippen LogP contribution in [0.5, 0.6) is 17.2 Å². The lowest BCUT2D eigenvalue weighted by molar-refractivity contribution is -0.141. The molecule has 1 aliphatic carbocycles. The highest BCUT2D eigenvalue weighted by Crippen LogP contribution is 2.38. The van der Waals surface area contributed by atoms with Gasteiger partial charge in [-0.3, -0.25) is 14.4 Å². The zero-order valence-electron chi connectivity index (χ0n) is 14.6. The molecular weight excluding hydrogens is 344 g/mol. The van der Waals surface area contributed by atoms with Crippen molar-refractivity contribution in [3.8, 4) is 17.2 Å². The summed E-state index contributed by atoms with van der Waals surface area (Å²) in [6.45, 7) is -0.364. The van der Waals surface area contributed by atoms with E-state index in [0.29, 0.717) is 19.3 Å². The van der Waals surface area contributed by atoms with Crippen LogP contribution in [-0.4, -0.2) is 49.8 Å². The summed E-state index contributed by atoms with van der Waals surface area (Å²) in [7, 11) is 2.78. The molecule has 2 amide bonds. The molecule has 0 bridgehead atoms. The Kier molecular flexibility index (Phi) is 6.26. The molecule has 4 N–H and O–H groups in total. The van der Waals surface area contributed by atoms with Crippen LogP contribution in [0.25, 0.3) is 0 Å². The Bertz CT molecular complexity index is 679. The standard InChI is InChI=1S/C17H22N2O7/c1-24-12-6-10(7-13(25-2)15(12)26-8-14(18)20)16(21)19-11-4-3-9(5-11)17(22)23/h6-7,9,11H,3-5,8H2,1-2H3,(H2,18,20)(H,19,21)(H,22,23)/t9-,11+/m0/s1. The molecule has 142 valence electrons. The van der Waals surface area contributed by atoms with Gasteiger partial charge in [0, 0.05) is 11.6 Å².